The Morgan fingerprint density at radius 3 is 0.886 bits per heavy atom. The summed E-state index contributed by atoms with van der Waals surface area (Å²) in [5.74, 6) is -1.37. The number of amides is 5. The molecule has 22 nitrogen and oxygen atoms in total. The Morgan fingerprint density at radius 1 is 0.364 bits per heavy atom. The highest BCUT2D eigenvalue weighted by Gasteiger charge is 2.49. The van der Waals surface area contributed by atoms with Gasteiger partial charge in [0.15, 0.2) is 0 Å². The Hall–Kier alpha value is -7.58. The molecule has 0 saturated carbocycles. The minimum absolute atomic E-state index is 0.112. The molecular formula is C61H79N10O12P5. The van der Waals surface area contributed by atoms with Crippen LogP contribution >= 0.6 is 37.5 Å². The SMILES string of the molecule is CN=P(C)(C)N=P(C)(C)Oc1ccc(OP2(Oc3ccc(NC(=O)C(C)C)cc3)=NP(Oc3ccc(NC(=O)C(C)C)cc3)(Oc3ccc(NC(=O)C(C)C)cc3)=NP(Oc3ccc(NC(=O)C(C)C)cc3)(Oc3cccc(NC(=O)C(C)C)c3)=N2)cc1. The van der Waals surface area contributed by atoms with E-state index in [2.05, 4.69) is 31.3 Å². The van der Waals surface area contributed by atoms with Crippen LogP contribution in [0.5, 0.6) is 40.2 Å². The zero-order valence-electron chi connectivity index (χ0n) is 52.1. The number of hydrogen-bond donors (Lipinski definition) is 5. The molecule has 0 fully saturated rings. The number of hydrogen-bond acceptors (Lipinski definition) is 16. The number of nitrogens with one attached hydrogen (secondary N) is 5. The van der Waals surface area contributed by atoms with Crippen LogP contribution in [0.15, 0.2) is 168 Å². The molecule has 27 heteroatoms. The van der Waals surface area contributed by atoms with E-state index in [0.717, 1.165) is 0 Å². The van der Waals surface area contributed by atoms with E-state index < -0.39 is 37.5 Å². The molecule has 0 saturated heterocycles. The van der Waals surface area contributed by atoms with E-state index in [1.165, 1.54) is 0 Å². The summed E-state index contributed by atoms with van der Waals surface area (Å²) < 4.78 is 74.9. The zero-order valence-corrected chi connectivity index (χ0v) is 56.6. The van der Waals surface area contributed by atoms with Crippen LogP contribution in [-0.4, -0.2) is 63.2 Å². The van der Waals surface area contributed by atoms with E-state index in [9.17, 15) is 24.0 Å². The fourth-order valence-corrected chi connectivity index (χ4v) is 21.8. The van der Waals surface area contributed by atoms with Gasteiger partial charge in [-0.15, -0.1) is 0 Å². The Morgan fingerprint density at radius 2 is 0.614 bits per heavy atom. The highest BCUT2D eigenvalue weighted by atomic mass is 31.3. The second kappa shape index (κ2) is 29.2. The smallest absolute Gasteiger partial charge is 0.460 e. The van der Waals surface area contributed by atoms with Crippen molar-refractivity contribution in [3.05, 3.63) is 146 Å². The van der Waals surface area contributed by atoms with Crippen molar-refractivity contribution >= 4 is 95.4 Å². The topological polar surface area (TPSA) is 272 Å². The second-order valence-corrected chi connectivity index (χ2v) is 35.4. The van der Waals surface area contributed by atoms with Crippen LogP contribution in [0.25, 0.3) is 0 Å². The second-order valence-electron chi connectivity index (χ2n) is 22.6. The van der Waals surface area contributed by atoms with Gasteiger partial charge in [-0.2, -0.15) is 0 Å². The first-order valence-electron chi connectivity index (χ1n) is 28.4. The van der Waals surface area contributed by atoms with Crippen LogP contribution < -0.4 is 58.3 Å². The molecule has 7 rings (SSSR count). The maximum Gasteiger partial charge on any atom is 0.460 e. The van der Waals surface area contributed by atoms with Crippen LogP contribution in [-0.2, 0) is 24.0 Å². The average molecular weight is 1300 g/mol. The van der Waals surface area contributed by atoms with Crippen LogP contribution in [0.3, 0.4) is 0 Å². The first-order valence-corrected chi connectivity index (χ1v) is 38.1. The summed E-state index contributed by atoms with van der Waals surface area (Å²) in [5, 5.41) is 14.6. The molecule has 6 aromatic carbocycles. The summed E-state index contributed by atoms with van der Waals surface area (Å²) in [7, 11) is -16.3. The molecule has 0 radical (unpaired) electrons. The Bertz CT molecular complexity index is 3720. The van der Waals surface area contributed by atoms with Gasteiger partial charge in [0.25, 0.3) is 0 Å². The van der Waals surface area contributed by atoms with E-state index in [1.807, 2.05) is 26.7 Å². The fraction of sp³-hybridized carbons (Fsp3) is 0.328. The summed E-state index contributed by atoms with van der Waals surface area (Å²) in [6.45, 7) is 25.7. The lowest BCUT2D eigenvalue weighted by molar-refractivity contribution is -0.119. The number of anilines is 5. The Kier molecular flexibility index (Phi) is 22.5. The molecule has 0 aliphatic carbocycles. The van der Waals surface area contributed by atoms with Crippen molar-refractivity contribution in [2.45, 2.75) is 69.2 Å². The van der Waals surface area contributed by atoms with Crippen LogP contribution in [0.1, 0.15) is 69.2 Å². The molecule has 6 aromatic rings. The fourth-order valence-electron chi connectivity index (χ4n) is 7.45. The number of rotatable bonds is 25. The number of carbonyl (C=O) groups excluding carboxylic acids is 5. The summed E-state index contributed by atoms with van der Waals surface area (Å²) in [4.78, 5) is 64.9. The summed E-state index contributed by atoms with van der Waals surface area (Å²) in [6, 6.07) is 39.4. The largest absolute Gasteiger partial charge is 0.460 e. The highest BCUT2D eigenvalue weighted by molar-refractivity contribution is 7.79. The third kappa shape index (κ3) is 19.7. The summed E-state index contributed by atoms with van der Waals surface area (Å²) in [5.41, 5.74) is 2.25. The quantitative estimate of drug-likeness (QED) is 0.0335. The van der Waals surface area contributed by atoms with E-state index in [4.69, 9.17) is 49.7 Å². The van der Waals surface area contributed by atoms with Gasteiger partial charge in [0.1, 0.15) is 47.5 Å². The maximum atomic E-state index is 13.2. The average Bonchev–Trinajstić information content (AvgIpc) is 1.03. The minimum atomic E-state index is -4.59. The molecular weight excluding hydrogens is 1220 g/mol. The minimum Gasteiger partial charge on any atom is -0.460 e. The van der Waals surface area contributed by atoms with Crippen molar-refractivity contribution in [3.8, 4) is 40.2 Å². The molecule has 5 amide bonds. The van der Waals surface area contributed by atoms with E-state index >= 15 is 0 Å². The van der Waals surface area contributed by atoms with Crippen molar-refractivity contribution in [1.29, 1.82) is 0 Å². The molecule has 1 heterocycles. The zero-order chi connectivity index (χ0) is 64.2. The predicted octanol–water partition coefficient (Wildman–Crippen LogP) is 18.0. The van der Waals surface area contributed by atoms with Crippen molar-refractivity contribution in [2.24, 2.45) is 52.4 Å². The van der Waals surface area contributed by atoms with Gasteiger partial charge in [0.05, 0.1) is 7.21 Å². The molecule has 2 atom stereocenters. The van der Waals surface area contributed by atoms with E-state index in [1.54, 1.807) is 222 Å². The molecule has 88 heavy (non-hydrogen) atoms. The lowest BCUT2D eigenvalue weighted by Gasteiger charge is -2.33. The van der Waals surface area contributed by atoms with Gasteiger partial charge in [0.2, 0.25) is 29.5 Å². The van der Waals surface area contributed by atoms with Gasteiger partial charge >= 0.3 is 23.0 Å². The predicted molar refractivity (Wildman–Crippen MR) is 357 cm³/mol. The van der Waals surface area contributed by atoms with Crippen molar-refractivity contribution < 1.29 is 55.6 Å². The number of nitrogens with zero attached hydrogens (tertiary/aromatic N) is 5. The monoisotopic (exact) mass is 1300 g/mol. The molecule has 2 unspecified atom stereocenters. The first-order chi connectivity index (χ1) is 41.4. The Balaban J connectivity index is 1.57. The van der Waals surface area contributed by atoms with E-state index in [-0.39, 0.29) is 93.6 Å². The summed E-state index contributed by atoms with van der Waals surface area (Å²) >= 11 is 0. The van der Waals surface area contributed by atoms with Gasteiger partial charge in [-0.1, -0.05) is 88.9 Å². The third-order valence-electron chi connectivity index (χ3n) is 12.3. The molecule has 0 spiro atoms. The maximum absolute atomic E-state index is 13.2. The van der Waals surface area contributed by atoms with Gasteiger partial charge in [-0.25, -0.2) is 4.52 Å². The van der Waals surface area contributed by atoms with Crippen molar-refractivity contribution in [3.63, 3.8) is 0 Å². The van der Waals surface area contributed by atoms with Gasteiger partial charge in [-0.3, -0.25) is 28.7 Å². The lowest BCUT2D eigenvalue weighted by atomic mass is 10.2. The first kappa shape index (κ1) is 67.9. The lowest BCUT2D eigenvalue weighted by Crippen LogP contribution is -2.17. The van der Waals surface area contributed by atoms with E-state index in [0.29, 0.717) is 34.2 Å². The number of benzene rings is 6. The van der Waals surface area contributed by atoms with Crippen LogP contribution in [0.2, 0.25) is 0 Å². The molecule has 1 aliphatic heterocycles. The van der Waals surface area contributed by atoms with Crippen LogP contribution in [0, 0.1) is 29.6 Å². The molecule has 0 bridgehead atoms. The Labute approximate surface area is 516 Å². The van der Waals surface area contributed by atoms with Crippen LogP contribution in [0.4, 0.5) is 28.4 Å². The van der Waals surface area contributed by atoms with Gasteiger partial charge in [-0.05, 0) is 147 Å². The van der Waals surface area contributed by atoms with Gasteiger partial charge < -0.3 is 58.3 Å². The molecule has 470 valence electrons. The molecule has 5 N–H and O–H groups in total. The standard InChI is InChI=1S/C61H79N10O12P5/c1-40(2)57(72)63-45-19-27-51(28-20-45)78-86(79-52-29-21-46(22-30-52)64-58(73)41(3)4)69-87(80-53-31-23-47(24-32-53)65-59(74)42(5)6,82-55-37-35-50(36-38-55)77-85(14,15)68-84(12,13)62-11)71-88(70-86,81-54-33-25-48(26-34-54)66-60(75)43(7)8)83-56-18-16-17-49(39-56)67-61(76)44(9)10/h16-44H,1-15H3,(H,63,72)(H,64,73)(H,65,74)(H,66,75)(H,67,76). The summed E-state index contributed by atoms with van der Waals surface area (Å²) in [6.07, 6.45) is 0. The van der Waals surface area contributed by atoms with Crippen molar-refractivity contribution in [1.82, 2.24) is 0 Å². The number of carbonyl (C=O) groups is 5. The third-order valence-corrected chi connectivity index (χ3v) is 25.5. The molecule has 0 aromatic heterocycles. The highest BCUT2D eigenvalue weighted by Crippen LogP contribution is 2.79. The normalized spacial score (nSPS) is 16.2. The van der Waals surface area contributed by atoms with Crippen molar-refractivity contribution in [2.75, 3.05) is 60.3 Å². The van der Waals surface area contributed by atoms with Gasteiger partial charge in [0, 0.05) is 84.5 Å². The molecule has 1 aliphatic rings.